The predicted octanol–water partition coefficient (Wildman–Crippen LogP) is -0.619. The van der Waals surface area contributed by atoms with E-state index in [0.29, 0.717) is 0 Å². The molecule has 0 atom stereocenters. The van der Waals surface area contributed by atoms with Crippen molar-refractivity contribution in [3.8, 4) is 0 Å². The first-order valence-corrected chi connectivity index (χ1v) is 2.62. The Labute approximate surface area is 98.8 Å². The summed E-state index contributed by atoms with van der Waals surface area (Å²) in [6.07, 6.45) is 0. The van der Waals surface area contributed by atoms with Crippen LogP contribution in [0.4, 0.5) is 0 Å². The molecule has 32 valence electrons. The summed E-state index contributed by atoms with van der Waals surface area (Å²) in [5, 5.41) is 0. The van der Waals surface area contributed by atoms with E-state index in [1.807, 2.05) is 0 Å². The molecule has 0 aromatic heterocycles. The van der Waals surface area contributed by atoms with E-state index in [9.17, 15) is 0 Å². The molecule has 0 N–H and O–H groups in total. The van der Waals surface area contributed by atoms with Crippen LogP contribution in [0, 0.1) is 0 Å². The van der Waals surface area contributed by atoms with Crippen LogP contribution in [-0.2, 0) is 0 Å². The minimum absolute atomic E-state index is 0. The van der Waals surface area contributed by atoms with Crippen molar-refractivity contribution < 1.29 is 51.4 Å². The van der Waals surface area contributed by atoms with Crippen molar-refractivity contribution in [3.05, 3.63) is 0 Å². The third-order valence-corrected chi connectivity index (χ3v) is 0. The number of hydrogen-bond donors (Lipinski definition) is 0. The van der Waals surface area contributed by atoms with Crippen LogP contribution < -0.4 is 51.4 Å². The predicted molar refractivity (Wildman–Crippen MR) is 29.2 cm³/mol. The summed E-state index contributed by atoms with van der Waals surface area (Å²) in [5.41, 5.74) is 0. The van der Waals surface area contributed by atoms with Gasteiger partial charge in [0.1, 0.15) is 0 Å². The number of rotatable bonds is 0. The van der Waals surface area contributed by atoms with Gasteiger partial charge in [-0.15, -0.1) is 0 Å². The Balaban J connectivity index is 0. The van der Waals surface area contributed by atoms with E-state index in [2.05, 4.69) is 0 Å². The molecule has 0 rings (SSSR count). The van der Waals surface area contributed by atoms with Gasteiger partial charge in [0.15, 0.2) is 0 Å². The van der Waals surface area contributed by atoms with Crippen LogP contribution in [-0.4, -0.2) is 3.81 Å². The van der Waals surface area contributed by atoms with Crippen LogP contribution in [0.3, 0.4) is 0 Å². The minimum atomic E-state index is -2.11. The summed E-state index contributed by atoms with van der Waals surface area (Å²) < 4.78 is -2.11. The summed E-state index contributed by atoms with van der Waals surface area (Å²) in [4.78, 5) is 0. The molecule has 0 amide bonds. The third-order valence-electron chi connectivity index (χ3n) is 0. The second kappa shape index (κ2) is 4.71. The summed E-state index contributed by atoms with van der Waals surface area (Å²) in [6, 6.07) is 0. The molecule has 0 saturated carbocycles. The van der Waals surface area contributed by atoms with E-state index in [1.54, 1.807) is 0 Å². The fraction of sp³-hybridized carbons (Fsp3) is 0. The second-order valence-corrected chi connectivity index (χ2v) is 4.45. The van der Waals surface area contributed by atoms with Gasteiger partial charge < -0.3 is 45.8 Å². The molecule has 0 nitrogen and oxygen atoms in total. The van der Waals surface area contributed by atoms with Gasteiger partial charge in [-0.3, -0.25) is 0 Å². The third kappa shape index (κ3) is 28.8. The zero-order valence-corrected chi connectivity index (χ0v) is 9.24. The van der Waals surface area contributed by atoms with Crippen molar-refractivity contribution in [2.24, 2.45) is 0 Å². The quantitative estimate of drug-likeness (QED) is 0.448. The van der Waals surface area contributed by atoms with Gasteiger partial charge in [0.05, 0.1) is 0 Å². The molecule has 0 fully saturated rings. The topological polar surface area (TPSA) is 0 Å². The van der Waals surface area contributed by atoms with Crippen molar-refractivity contribution in [2.45, 2.75) is 0 Å². The Hall–Kier alpha value is 2.86. The van der Waals surface area contributed by atoms with Crippen LogP contribution in [0.25, 0.3) is 0 Å². The van der Waals surface area contributed by atoms with Crippen molar-refractivity contribution in [1.29, 1.82) is 0 Å². The van der Waals surface area contributed by atoms with E-state index in [0.717, 1.165) is 0 Å². The van der Waals surface area contributed by atoms with Gasteiger partial charge in [0, 0.05) is 0 Å². The van der Waals surface area contributed by atoms with Crippen LogP contribution in [0.15, 0.2) is 0 Å². The largest absolute Gasteiger partial charge is 1.00 e. The van der Waals surface area contributed by atoms with Gasteiger partial charge in [-0.2, -0.15) is 0 Å². The average Bonchev–Trinajstić information content (AvgIpc) is 0.722. The van der Waals surface area contributed by atoms with Crippen LogP contribution in [0.5, 0.6) is 0 Å². The first-order chi connectivity index (χ1) is 2.00. The number of hydrogen-bond acceptors (Lipinski definition) is 0. The van der Waals surface area contributed by atoms with Gasteiger partial charge in [0.2, 0.25) is 0 Å². The second-order valence-electron chi connectivity index (χ2n) is 0.495. The van der Waals surface area contributed by atoms with E-state index in [1.165, 1.54) is 0 Å². The van der Waals surface area contributed by atoms with Crippen molar-refractivity contribution in [1.82, 2.24) is 0 Å². The van der Waals surface area contributed by atoms with E-state index < -0.39 is 3.81 Å². The molecular formula is BCl4K. The Morgan fingerprint density at radius 2 is 0.833 bits per heavy atom. The zero-order chi connectivity index (χ0) is 4.50. The van der Waals surface area contributed by atoms with Crippen LogP contribution in [0.1, 0.15) is 0 Å². The van der Waals surface area contributed by atoms with E-state index >= 15 is 0 Å². The maximum absolute atomic E-state index is 4.89. The molecule has 6 heavy (non-hydrogen) atoms. The minimum Gasteiger partial charge on any atom is -0.332 e. The van der Waals surface area contributed by atoms with Crippen molar-refractivity contribution in [3.63, 3.8) is 0 Å². The maximum Gasteiger partial charge on any atom is 1.00 e. The van der Waals surface area contributed by atoms with Crippen molar-refractivity contribution in [2.75, 3.05) is 0 Å². The summed E-state index contributed by atoms with van der Waals surface area (Å²) in [7, 11) is 0. The first-order valence-electron chi connectivity index (χ1n) is 0.873. The SMILES string of the molecule is Cl[B-](Cl)(Cl)Cl.[K+]. The van der Waals surface area contributed by atoms with E-state index in [-0.39, 0.29) is 51.4 Å². The first kappa shape index (κ1) is 11.6. The molecule has 0 spiro atoms. The molecule has 0 heterocycles. The number of halogens is 4. The molecule has 0 aromatic rings. The zero-order valence-electron chi connectivity index (χ0n) is 3.09. The molecule has 0 saturated heterocycles. The molecule has 0 bridgehead atoms. The summed E-state index contributed by atoms with van der Waals surface area (Å²) >= 11 is 19.6. The molecule has 0 aliphatic carbocycles. The van der Waals surface area contributed by atoms with Gasteiger partial charge in [-0.1, -0.05) is 0 Å². The van der Waals surface area contributed by atoms with Gasteiger partial charge >= 0.3 is 55.2 Å². The normalized spacial score (nSPS) is 10.0. The maximum atomic E-state index is 4.89. The smallest absolute Gasteiger partial charge is 0.332 e. The Morgan fingerprint density at radius 1 is 0.833 bits per heavy atom. The Kier molecular flexibility index (Phi) is 9.14. The average molecular weight is 192 g/mol. The van der Waals surface area contributed by atoms with E-state index in [4.69, 9.17) is 45.8 Å². The van der Waals surface area contributed by atoms with Crippen LogP contribution in [0.2, 0.25) is 0 Å². The molecule has 0 radical (unpaired) electrons. The van der Waals surface area contributed by atoms with Gasteiger partial charge in [-0.25, -0.2) is 0 Å². The fourth-order valence-corrected chi connectivity index (χ4v) is 0. The molecular weight excluding hydrogens is 192 g/mol. The molecule has 0 aliphatic rings. The standard InChI is InChI=1S/BCl4.K/c2-1(3,4)5;/q-1;+1. The van der Waals surface area contributed by atoms with Crippen LogP contribution >= 0.6 is 45.8 Å². The fourth-order valence-electron chi connectivity index (χ4n) is 0. The van der Waals surface area contributed by atoms with Gasteiger partial charge in [0.25, 0.3) is 0 Å². The molecule has 0 unspecified atom stereocenters. The van der Waals surface area contributed by atoms with Crippen molar-refractivity contribution >= 4 is 49.6 Å². The molecule has 0 aromatic carbocycles. The summed E-state index contributed by atoms with van der Waals surface area (Å²) in [5.74, 6) is 0. The monoisotopic (exact) mass is 190 g/mol. The Morgan fingerprint density at radius 3 is 0.833 bits per heavy atom. The molecule has 6 heteroatoms. The molecule has 0 aliphatic heterocycles. The Bertz CT molecular complexity index is 23.0. The van der Waals surface area contributed by atoms with Gasteiger partial charge in [-0.05, 0) is 0 Å². The summed E-state index contributed by atoms with van der Waals surface area (Å²) in [6.45, 7) is 0.